The van der Waals surface area contributed by atoms with Gasteiger partial charge in [-0.15, -0.1) is 0 Å². The predicted molar refractivity (Wildman–Crippen MR) is 99.5 cm³/mol. The third-order valence-corrected chi connectivity index (χ3v) is 5.25. The number of aliphatic hydroxyl groups excluding tert-OH is 1. The number of anilines is 1. The Morgan fingerprint density at radius 2 is 1.88 bits per heavy atom. The molecule has 1 saturated heterocycles. The molecule has 2 amide bonds. The highest BCUT2D eigenvalue weighted by molar-refractivity contribution is 5.98. The third-order valence-electron chi connectivity index (χ3n) is 5.25. The highest BCUT2D eigenvalue weighted by atomic mass is 16.3. The van der Waals surface area contributed by atoms with E-state index in [0.717, 1.165) is 19.3 Å². The maximum absolute atomic E-state index is 12.8. The molecule has 5 heteroatoms. The lowest BCUT2D eigenvalue weighted by Gasteiger charge is -2.40. The van der Waals surface area contributed by atoms with Crippen LogP contribution in [0.15, 0.2) is 24.3 Å². The van der Waals surface area contributed by atoms with Crippen LogP contribution in [0.25, 0.3) is 0 Å². The lowest BCUT2D eigenvalue weighted by Crippen LogP contribution is -2.44. The number of aliphatic hydroxyl groups is 1. The van der Waals surface area contributed by atoms with Crippen LogP contribution in [-0.2, 0) is 4.79 Å². The minimum Gasteiger partial charge on any atom is -0.396 e. The Morgan fingerprint density at radius 3 is 2.40 bits per heavy atom. The first-order chi connectivity index (χ1) is 11.7. The topological polar surface area (TPSA) is 69.6 Å². The maximum atomic E-state index is 12.8. The number of amides is 2. The van der Waals surface area contributed by atoms with Crippen molar-refractivity contribution < 1.29 is 14.7 Å². The molecule has 0 radical (unpaired) electrons. The molecule has 0 saturated carbocycles. The molecule has 1 aliphatic heterocycles. The first kappa shape index (κ1) is 19.4. The molecule has 2 rings (SSSR count). The monoisotopic (exact) mass is 346 g/mol. The van der Waals surface area contributed by atoms with E-state index in [1.165, 1.54) is 0 Å². The second-order valence-electron chi connectivity index (χ2n) is 8.09. The summed E-state index contributed by atoms with van der Waals surface area (Å²) in [5.74, 6) is -0.0970. The highest BCUT2D eigenvalue weighted by Gasteiger charge is 2.34. The molecule has 2 N–H and O–H groups in total. The molecule has 0 aromatic heterocycles. The summed E-state index contributed by atoms with van der Waals surface area (Å²) in [6.07, 6.45) is 2.58. The standard InChI is InChI=1S/C20H30N2O3/c1-5-20(14-23)9-11-22(12-10-20)17(24)15-7-6-8-16(13-15)21-18(25)19(2,3)4/h6-8,13,23H,5,9-12,14H2,1-4H3,(H,21,25). The van der Waals surface area contributed by atoms with E-state index in [1.54, 1.807) is 24.3 Å². The lowest BCUT2D eigenvalue weighted by molar-refractivity contribution is -0.123. The molecule has 25 heavy (non-hydrogen) atoms. The van der Waals surface area contributed by atoms with E-state index in [1.807, 2.05) is 25.7 Å². The molecule has 0 aliphatic carbocycles. The van der Waals surface area contributed by atoms with Crippen LogP contribution in [0.4, 0.5) is 5.69 Å². The van der Waals surface area contributed by atoms with Crippen molar-refractivity contribution in [2.24, 2.45) is 10.8 Å². The van der Waals surface area contributed by atoms with E-state index in [0.29, 0.717) is 24.3 Å². The molecular formula is C20H30N2O3. The van der Waals surface area contributed by atoms with Crippen molar-refractivity contribution in [2.45, 2.75) is 47.0 Å². The Morgan fingerprint density at radius 1 is 1.24 bits per heavy atom. The number of benzene rings is 1. The summed E-state index contributed by atoms with van der Waals surface area (Å²) >= 11 is 0. The van der Waals surface area contributed by atoms with E-state index in [-0.39, 0.29) is 23.8 Å². The molecule has 0 atom stereocenters. The summed E-state index contributed by atoms with van der Waals surface area (Å²) in [7, 11) is 0. The predicted octanol–water partition coefficient (Wildman–Crippen LogP) is 3.30. The van der Waals surface area contributed by atoms with Crippen LogP contribution in [-0.4, -0.2) is 41.5 Å². The number of hydrogen-bond donors (Lipinski definition) is 2. The van der Waals surface area contributed by atoms with E-state index in [4.69, 9.17) is 0 Å². The Bertz CT molecular complexity index is 620. The van der Waals surface area contributed by atoms with Gasteiger partial charge in [-0.2, -0.15) is 0 Å². The second-order valence-corrected chi connectivity index (χ2v) is 8.09. The van der Waals surface area contributed by atoms with Gasteiger partial charge >= 0.3 is 0 Å². The number of likely N-dealkylation sites (tertiary alicyclic amines) is 1. The number of carbonyl (C=O) groups is 2. The summed E-state index contributed by atoms with van der Waals surface area (Å²) < 4.78 is 0. The van der Waals surface area contributed by atoms with Gasteiger partial charge in [0.1, 0.15) is 0 Å². The van der Waals surface area contributed by atoms with Crippen molar-refractivity contribution in [1.29, 1.82) is 0 Å². The summed E-state index contributed by atoms with van der Waals surface area (Å²) in [5.41, 5.74) is 0.695. The number of piperidine rings is 1. The van der Waals surface area contributed by atoms with Crippen molar-refractivity contribution >= 4 is 17.5 Å². The van der Waals surface area contributed by atoms with E-state index in [9.17, 15) is 14.7 Å². The zero-order valence-corrected chi connectivity index (χ0v) is 15.8. The lowest BCUT2D eigenvalue weighted by atomic mass is 9.77. The van der Waals surface area contributed by atoms with E-state index < -0.39 is 5.41 Å². The van der Waals surface area contributed by atoms with Gasteiger partial charge in [-0.25, -0.2) is 0 Å². The van der Waals surface area contributed by atoms with Crippen LogP contribution < -0.4 is 5.32 Å². The first-order valence-corrected chi connectivity index (χ1v) is 9.02. The number of rotatable bonds is 4. The van der Waals surface area contributed by atoms with Gasteiger partial charge in [-0.1, -0.05) is 33.8 Å². The smallest absolute Gasteiger partial charge is 0.253 e. The second kappa shape index (κ2) is 7.56. The molecule has 0 spiro atoms. The van der Waals surface area contributed by atoms with Gasteiger partial charge in [0.2, 0.25) is 5.91 Å². The van der Waals surface area contributed by atoms with E-state index >= 15 is 0 Å². The van der Waals surface area contributed by atoms with Gasteiger partial charge in [-0.3, -0.25) is 9.59 Å². The van der Waals surface area contributed by atoms with Crippen LogP contribution in [0.3, 0.4) is 0 Å². The zero-order valence-electron chi connectivity index (χ0n) is 15.8. The zero-order chi connectivity index (χ0) is 18.7. The fourth-order valence-corrected chi connectivity index (χ4v) is 3.04. The van der Waals surface area contributed by atoms with Gasteiger partial charge in [0, 0.05) is 36.4 Å². The number of hydrogen-bond acceptors (Lipinski definition) is 3. The summed E-state index contributed by atoms with van der Waals surface area (Å²) in [5, 5.41) is 12.5. The van der Waals surface area contributed by atoms with Crippen LogP contribution in [0.2, 0.25) is 0 Å². The Balaban J connectivity index is 2.06. The van der Waals surface area contributed by atoms with Gasteiger partial charge in [-0.05, 0) is 42.9 Å². The molecule has 0 bridgehead atoms. The fourth-order valence-electron chi connectivity index (χ4n) is 3.04. The molecule has 1 aliphatic rings. The van der Waals surface area contributed by atoms with Crippen LogP contribution in [0.1, 0.15) is 57.3 Å². The largest absolute Gasteiger partial charge is 0.396 e. The SMILES string of the molecule is CCC1(CO)CCN(C(=O)c2cccc(NC(=O)C(C)(C)C)c2)CC1. The molecule has 138 valence electrons. The van der Waals surface area contributed by atoms with Crippen LogP contribution in [0.5, 0.6) is 0 Å². The quantitative estimate of drug-likeness (QED) is 0.879. The van der Waals surface area contributed by atoms with Crippen LogP contribution in [0, 0.1) is 10.8 Å². The average molecular weight is 346 g/mol. The Kier molecular flexibility index (Phi) is 5.88. The Hall–Kier alpha value is -1.88. The minimum absolute atomic E-state index is 0.0190. The van der Waals surface area contributed by atoms with Gasteiger partial charge in [0.25, 0.3) is 5.91 Å². The van der Waals surface area contributed by atoms with Crippen LogP contribution >= 0.6 is 0 Å². The molecule has 0 unspecified atom stereocenters. The van der Waals surface area contributed by atoms with Gasteiger partial charge in [0.15, 0.2) is 0 Å². The fraction of sp³-hybridized carbons (Fsp3) is 0.600. The molecule has 1 aromatic carbocycles. The van der Waals surface area contributed by atoms with Crippen molar-refractivity contribution in [3.05, 3.63) is 29.8 Å². The normalized spacial score (nSPS) is 17.2. The molecular weight excluding hydrogens is 316 g/mol. The first-order valence-electron chi connectivity index (χ1n) is 9.02. The van der Waals surface area contributed by atoms with Gasteiger partial charge < -0.3 is 15.3 Å². The molecule has 1 fully saturated rings. The van der Waals surface area contributed by atoms with Crippen molar-refractivity contribution in [3.63, 3.8) is 0 Å². The summed E-state index contributed by atoms with van der Waals surface area (Å²) in [6, 6.07) is 7.10. The molecule has 1 aromatic rings. The Labute approximate surface area is 150 Å². The van der Waals surface area contributed by atoms with Gasteiger partial charge in [0.05, 0.1) is 0 Å². The summed E-state index contributed by atoms with van der Waals surface area (Å²) in [6.45, 7) is 9.15. The van der Waals surface area contributed by atoms with Crippen molar-refractivity contribution in [2.75, 3.05) is 25.0 Å². The number of nitrogens with zero attached hydrogens (tertiary/aromatic N) is 1. The van der Waals surface area contributed by atoms with Crippen molar-refractivity contribution in [1.82, 2.24) is 4.90 Å². The minimum atomic E-state index is -0.485. The van der Waals surface area contributed by atoms with E-state index in [2.05, 4.69) is 12.2 Å². The molecule has 1 heterocycles. The van der Waals surface area contributed by atoms with Crippen molar-refractivity contribution in [3.8, 4) is 0 Å². The maximum Gasteiger partial charge on any atom is 0.253 e. The summed E-state index contributed by atoms with van der Waals surface area (Å²) in [4.78, 5) is 26.7. The number of nitrogens with one attached hydrogen (secondary N) is 1. The third kappa shape index (κ3) is 4.60. The highest BCUT2D eigenvalue weighted by Crippen LogP contribution is 2.34. The average Bonchev–Trinajstić information content (AvgIpc) is 2.60. The number of carbonyl (C=O) groups excluding carboxylic acids is 2. The molecule has 5 nitrogen and oxygen atoms in total.